The number of carbonyl (C=O) groups is 1. The molecule has 0 radical (unpaired) electrons. The molecule has 1 atom stereocenters. The maximum Gasteiger partial charge on any atom is 0.251 e. The van der Waals surface area contributed by atoms with Crippen LogP contribution in [0.25, 0.3) is 0 Å². The van der Waals surface area contributed by atoms with E-state index in [0.717, 1.165) is 63.1 Å². The minimum absolute atomic E-state index is 0.0190. The Labute approximate surface area is 209 Å². The van der Waals surface area contributed by atoms with Gasteiger partial charge in [0, 0.05) is 43.8 Å². The lowest BCUT2D eigenvalue weighted by Gasteiger charge is -2.33. The fourth-order valence-electron chi connectivity index (χ4n) is 5.10. The van der Waals surface area contributed by atoms with Crippen LogP contribution < -0.4 is 10.1 Å². The summed E-state index contributed by atoms with van der Waals surface area (Å²) in [5.41, 5.74) is 2.43. The van der Waals surface area contributed by atoms with Crippen molar-refractivity contribution in [2.75, 3.05) is 26.7 Å². The van der Waals surface area contributed by atoms with Crippen molar-refractivity contribution in [3.05, 3.63) is 59.2 Å². The predicted molar refractivity (Wildman–Crippen MR) is 137 cm³/mol. The van der Waals surface area contributed by atoms with Gasteiger partial charge in [0.25, 0.3) is 5.91 Å². The van der Waals surface area contributed by atoms with Gasteiger partial charge in [-0.05, 0) is 74.9 Å². The Morgan fingerprint density at radius 3 is 2.54 bits per heavy atom. The Balaban J connectivity index is 1.38. The molecule has 2 fully saturated rings. The van der Waals surface area contributed by atoms with Crippen LogP contribution >= 0.6 is 0 Å². The number of likely N-dealkylation sites (tertiary alicyclic amines) is 1. The first-order valence-corrected chi connectivity index (χ1v) is 14.0. The number of nitrogens with one attached hydrogen (secondary N) is 1. The second-order valence-electron chi connectivity index (χ2n) is 9.81. The van der Waals surface area contributed by atoms with E-state index in [2.05, 4.69) is 22.3 Å². The number of nitrogens with zero attached hydrogens (tertiary/aromatic N) is 2. The molecule has 2 aliphatic rings. The smallest absolute Gasteiger partial charge is 0.251 e. The van der Waals surface area contributed by atoms with E-state index in [4.69, 9.17) is 4.74 Å². The molecule has 4 rings (SSSR count). The van der Waals surface area contributed by atoms with Gasteiger partial charge in [0.2, 0.25) is 10.0 Å². The number of hydrogen-bond donors (Lipinski definition) is 1. The number of aryl methyl sites for hydroxylation is 1. The molecular weight excluding hydrogens is 462 g/mol. The second-order valence-corrected chi connectivity index (χ2v) is 11.7. The SMILES string of the molecule is COc1cccc(CN2CCC(NC(=O)c3cc(S(=O)(=O)N4CCCCC4C)ccc3C)CC2)c1. The normalized spacial score (nSPS) is 20.5. The van der Waals surface area contributed by atoms with E-state index in [1.165, 1.54) is 5.56 Å². The quantitative estimate of drug-likeness (QED) is 0.624. The lowest BCUT2D eigenvalue weighted by molar-refractivity contribution is 0.0908. The summed E-state index contributed by atoms with van der Waals surface area (Å²) in [7, 11) is -1.95. The monoisotopic (exact) mass is 499 g/mol. The molecule has 0 aromatic heterocycles. The van der Waals surface area contributed by atoms with Gasteiger partial charge in [0.05, 0.1) is 12.0 Å². The molecule has 1 unspecified atom stereocenters. The number of ether oxygens (including phenoxy) is 1. The van der Waals surface area contributed by atoms with Crippen LogP contribution in [0.1, 0.15) is 60.5 Å². The molecule has 0 spiro atoms. The van der Waals surface area contributed by atoms with Crippen LogP contribution in [0.15, 0.2) is 47.4 Å². The highest BCUT2D eigenvalue weighted by Gasteiger charge is 2.32. The highest BCUT2D eigenvalue weighted by Crippen LogP contribution is 2.27. The first-order valence-electron chi connectivity index (χ1n) is 12.6. The van der Waals surface area contributed by atoms with Crippen molar-refractivity contribution >= 4 is 15.9 Å². The molecule has 0 saturated carbocycles. The summed E-state index contributed by atoms with van der Waals surface area (Å²) >= 11 is 0. The molecule has 2 saturated heterocycles. The van der Waals surface area contributed by atoms with Crippen molar-refractivity contribution in [3.8, 4) is 5.75 Å². The number of amides is 1. The number of carbonyl (C=O) groups excluding carboxylic acids is 1. The van der Waals surface area contributed by atoms with Crippen LogP contribution in [0.3, 0.4) is 0 Å². The van der Waals surface area contributed by atoms with Crippen LogP contribution in [-0.2, 0) is 16.6 Å². The zero-order chi connectivity index (χ0) is 25.0. The average Bonchev–Trinajstić information content (AvgIpc) is 2.85. The van der Waals surface area contributed by atoms with E-state index in [1.54, 1.807) is 29.6 Å². The van der Waals surface area contributed by atoms with Crippen LogP contribution in [0.4, 0.5) is 0 Å². The van der Waals surface area contributed by atoms with Crippen molar-refractivity contribution < 1.29 is 17.9 Å². The third kappa shape index (κ3) is 6.05. The number of rotatable bonds is 7. The Hall–Kier alpha value is -2.42. The van der Waals surface area contributed by atoms with E-state index >= 15 is 0 Å². The molecular formula is C27H37N3O4S. The lowest BCUT2D eigenvalue weighted by Crippen LogP contribution is -2.44. The molecule has 7 nitrogen and oxygen atoms in total. The van der Waals surface area contributed by atoms with Crippen LogP contribution in [0, 0.1) is 6.92 Å². The summed E-state index contributed by atoms with van der Waals surface area (Å²) in [5.74, 6) is 0.663. The van der Waals surface area contributed by atoms with Gasteiger partial charge in [0.1, 0.15) is 5.75 Å². The molecule has 0 aliphatic carbocycles. The Morgan fingerprint density at radius 1 is 1.06 bits per heavy atom. The van der Waals surface area contributed by atoms with Crippen LogP contribution in [-0.4, -0.2) is 62.4 Å². The Morgan fingerprint density at radius 2 is 1.83 bits per heavy atom. The fourth-order valence-corrected chi connectivity index (χ4v) is 6.82. The summed E-state index contributed by atoms with van der Waals surface area (Å²) in [4.78, 5) is 15.7. The summed E-state index contributed by atoms with van der Waals surface area (Å²) in [6.07, 6.45) is 4.51. The molecule has 1 amide bonds. The molecule has 1 N–H and O–H groups in total. The summed E-state index contributed by atoms with van der Waals surface area (Å²) in [6.45, 7) is 6.98. The second kappa shape index (κ2) is 11.1. The number of methoxy groups -OCH3 is 1. The zero-order valence-electron chi connectivity index (χ0n) is 21.0. The number of hydrogen-bond acceptors (Lipinski definition) is 5. The summed E-state index contributed by atoms with van der Waals surface area (Å²) in [5, 5.41) is 3.15. The molecule has 8 heteroatoms. The van der Waals surface area contributed by atoms with E-state index in [1.807, 2.05) is 26.0 Å². The van der Waals surface area contributed by atoms with Gasteiger partial charge in [-0.2, -0.15) is 4.31 Å². The third-order valence-electron chi connectivity index (χ3n) is 7.27. The van der Waals surface area contributed by atoms with Gasteiger partial charge in [-0.1, -0.05) is 24.6 Å². The molecule has 190 valence electrons. The lowest BCUT2D eigenvalue weighted by atomic mass is 10.0. The molecule has 2 heterocycles. The number of sulfonamides is 1. The van der Waals surface area contributed by atoms with Crippen molar-refractivity contribution in [1.29, 1.82) is 0 Å². The first kappa shape index (κ1) is 25.7. The maximum absolute atomic E-state index is 13.3. The standard InChI is InChI=1S/C27H37N3O4S/c1-20-10-11-25(35(32,33)30-14-5-4-7-21(30)2)18-26(20)27(31)28-23-12-15-29(16-13-23)19-22-8-6-9-24(17-22)34-3/h6,8-11,17-18,21,23H,4-5,7,12-16,19H2,1-3H3,(H,28,31). The van der Waals surface area contributed by atoms with Gasteiger partial charge >= 0.3 is 0 Å². The van der Waals surface area contributed by atoms with E-state index < -0.39 is 10.0 Å². The number of benzene rings is 2. The third-order valence-corrected chi connectivity index (χ3v) is 9.27. The summed E-state index contributed by atoms with van der Waals surface area (Å²) in [6, 6.07) is 13.1. The highest BCUT2D eigenvalue weighted by atomic mass is 32.2. The zero-order valence-corrected chi connectivity index (χ0v) is 21.8. The van der Waals surface area contributed by atoms with Gasteiger partial charge in [-0.15, -0.1) is 0 Å². The molecule has 2 aliphatic heterocycles. The van der Waals surface area contributed by atoms with Crippen molar-refractivity contribution in [1.82, 2.24) is 14.5 Å². The predicted octanol–water partition coefficient (Wildman–Crippen LogP) is 3.96. The van der Waals surface area contributed by atoms with Crippen molar-refractivity contribution in [3.63, 3.8) is 0 Å². The Bertz CT molecular complexity index is 1140. The minimum atomic E-state index is -3.62. The van der Waals surface area contributed by atoms with Crippen molar-refractivity contribution in [2.45, 2.75) is 69.5 Å². The Kier molecular flexibility index (Phi) is 8.14. The minimum Gasteiger partial charge on any atom is -0.497 e. The maximum atomic E-state index is 13.3. The largest absolute Gasteiger partial charge is 0.497 e. The molecule has 2 aromatic rings. The van der Waals surface area contributed by atoms with Crippen LogP contribution in [0.5, 0.6) is 5.75 Å². The average molecular weight is 500 g/mol. The first-order chi connectivity index (χ1) is 16.8. The molecule has 2 aromatic carbocycles. The number of piperidine rings is 2. The van der Waals surface area contributed by atoms with Crippen LogP contribution in [0.2, 0.25) is 0 Å². The van der Waals surface area contributed by atoms with E-state index in [9.17, 15) is 13.2 Å². The molecule has 35 heavy (non-hydrogen) atoms. The highest BCUT2D eigenvalue weighted by molar-refractivity contribution is 7.89. The van der Waals surface area contributed by atoms with E-state index in [-0.39, 0.29) is 22.9 Å². The van der Waals surface area contributed by atoms with Gasteiger partial charge in [-0.25, -0.2) is 8.42 Å². The van der Waals surface area contributed by atoms with Gasteiger partial charge in [0.15, 0.2) is 0 Å². The topological polar surface area (TPSA) is 79.0 Å². The summed E-state index contributed by atoms with van der Waals surface area (Å²) < 4.78 is 33.5. The fraction of sp³-hybridized carbons (Fsp3) is 0.519. The van der Waals surface area contributed by atoms with Gasteiger partial charge in [-0.3, -0.25) is 9.69 Å². The molecule has 0 bridgehead atoms. The van der Waals surface area contributed by atoms with Crippen molar-refractivity contribution in [2.24, 2.45) is 0 Å². The van der Waals surface area contributed by atoms with Gasteiger partial charge < -0.3 is 10.1 Å². The van der Waals surface area contributed by atoms with E-state index in [0.29, 0.717) is 12.1 Å².